The minimum Gasteiger partial charge on any atom is -0.508 e. The van der Waals surface area contributed by atoms with Gasteiger partial charge in [0.15, 0.2) is 5.78 Å². The van der Waals surface area contributed by atoms with Gasteiger partial charge in [0.2, 0.25) is 0 Å². The van der Waals surface area contributed by atoms with Crippen LogP contribution in [0.25, 0.3) is 0 Å². The Balaban J connectivity index is 1.84. The number of fused-ring (bicyclic) bond motifs is 5. The fourth-order valence-corrected chi connectivity index (χ4v) is 5.95. The van der Waals surface area contributed by atoms with Gasteiger partial charge in [-0.25, -0.2) is 0 Å². The zero-order chi connectivity index (χ0) is 16.6. The van der Waals surface area contributed by atoms with E-state index in [1.165, 1.54) is 0 Å². The average molecular weight is 316 g/mol. The molecule has 3 aliphatic carbocycles. The lowest BCUT2D eigenvalue weighted by molar-refractivity contribution is -0.0750. The number of rotatable bonds is 0. The van der Waals surface area contributed by atoms with Crippen LogP contribution in [0, 0.1) is 16.7 Å². The molecule has 0 bridgehead atoms. The first kappa shape index (κ1) is 15.2. The van der Waals surface area contributed by atoms with Gasteiger partial charge in [0.25, 0.3) is 0 Å². The molecule has 1 aromatic carbocycles. The highest BCUT2D eigenvalue weighted by atomic mass is 16.3. The predicted octanol–water partition coefficient (Wildman–Crippen LogP) is 2.61. The summed E-state index contributed by atoms with van der Waals surface area (Å²) in [5.41, 5.74) is 1.11. The maximum absolute atomic E-state index is 12.7. The van der Waals surface area contributed by atoms with Crippen molar-refractivity contribution in [2.45, 2.75) is 57.7 Å². The van der Waals surface area contributed by atoms with Crippen LogP contribution in [0.15, 0.2) is 18.2 Å². The van der Waals surface area contributed by atoms with Crippen LogP contribution in [-0.4, -0.2) is 33.3 Å². The first-order valence-electron chi connectivity index (χ1n) is 8.49. The number of hydrogen-bond acceptors (Lipinski definition) is 4. The fraction of sp³-hybridized carbons (Fsp3) is 0.632. The maximum Gasteiger partial charge on any atom is 0.163 e. The topological polar surface area (TPSA) is 77.8 Å². The van der Waals surface area contributed by atoms with Crippen molar-refractivity contribution in [3.05, 3.63) is 29.3 Å². The van der Waals surface area contributed by atoms with Crippen molar-refractivity contribution in [2.75, 3.05) is 0 Å². The van der Waals surface area contributed by atoms with Crippen molar-refractivity contribution in [1.82, 2.24) is 0 Å². The van der Waals surface area contributed by atoms with Crippen LogP contribution in [-0.2, 0) is 0 Å². The van der Waals surface area contributed by atoms with Gasteiger partial charge in [0, 0.05) is 12.0 Å². The molecule has 4 nitrogen and oxygen atoms in total. The first-order chi connectivity index (χ1) is 10.8. The van der Waals surface area contributed by atoms with E-state index in [-0.39, 0.29) is 34.2 Å². The Labute approximate surface area is 136 Å². The van der Waals surface area contributed by atoms with Gasteiger partial charge >= 0.3 is 0 Å². The lowest BCUT2D eigenvalue weighted by Crippen LogP contribution is -2.51. The Morgan fingerprint density at radius 1 is 1.17 bits per heavy atom. The molecule has 3 N–H and O–H groups in total. The molecule has 0 saturated heterocycles. The smallest absolute Gasteiger partial charge is 0.163 e. The van der Waals surface area contributed by atoms with Crippen LogP contribution in [0.3, 0.4) is 0 Å². The lowest BCUT2D eigenvalue weighted by atomic mass is 9.48. The second kappa shape index (κ2) is 4.58. The van der Waals surface area contributed by atoms with E-state index in [1.54, 1.807) is 12.1 Å². The summed E-state index contributed by atoms with van der Waals surface area (Å²) < 4.78 is 0. The summed E-state index contributed by atoms with van der Waals surface area (Å²) in [4.78, 5) is 12.7. The molecule has 23 heavy (non-hydrogen) atoms. The number of carbonyl (C=O) groups is 1. The lowest BCUT2D eigenvalue weighted by Gasteiger charge is -2.56. The second-order valence-electron chi connectivity index (χ2n) is 8.27. The molecule has 3 aliphatic rings. The number of phenols is 1. The van der Waals surface area contributed by atoms with E-state index in [0.717, 1.165) is 18.4 Å². The molecule has 124 valence electrons. The number of ketones is 1. The third-order valence-electron chi connectivity index (χ3n) is 7.13. The number of aromatic hydroxyl groups is 1. The molecule has 2 fully saturated rings. The molecule has 0 spiro atoms. The van der Waals surface area contributed by atoms with E-state index < -0.39 is 12.2 Å². The van der Waals surface area contributed by atoms with Crippen molar-refractivity contribution in [2.24, 2.45) is 16.7 Å². The molecule has 4 rings (SSSR count). The zero-order valence-corrected chi connectivity index (χ0v) is 13.6. The zero-order valence-electron chi connectivity index (χ0n) is 13.6. The SMILES string of the molecule is C[C@]12CC(=O)c3cc(O)ccc3[C@H]1CC[C@]1(C)[C@H]2C[C@@H](O)[C@@H]1O. The number of Topliss-reactive ketones (excluding diaryl/α,β-unsaturated/α-hetero) is 1. The quantitative estimate of drug-likeness (QED) is 0.687. The average Bonchev–Trinajstić information content (AvgIpc) is 2.73. The summed E-state index contributed by atoms with van der Waals surface area (Å²) in [7, 11) is 0. The van der Waals surface area contributed by atoms with E-state index in [9.17, 15) is 20.1 Å². The van der Waals surface area contributed by atoms with Crippen LogP contribution < -0.4 is 0 Å². The van der Waals surface area contributed by atoms with Crippen molar-refractivity contribution >= 4 is 5.78 Å². The van der Waals surface area contributed by atoms with E-state index in [4.69, 9.17) is 0 Å². The molecule has 0 aromatic heterocycles. The normalized spacial score (nSPS) is 45.3. The van der Waals surface area contributed by atoms with Crippen LogP contribution >= 0.6 is 0 Å². The summed E-state index contributed by atoms with van der Waals surface area (Å²) in [5.74, 6) is 0.568. The van der Waals surface area contributed by atoms with Crippen LogP contribution in [0.5, 0.6) is 5.75 Å². The highest BCUT2D eigenvalue weighted by molar-refractivity contribution is 6.00. The Morgan fingerprint density at radius 2 is 1.91 bits per heavy atom. The molecule has 0 aliphatic heterocycles. The van der Waals surface area contributed by atoms with E-state index in [1.807, 2.05) is 6.07 Å². The number of benzene rings is 1. The summed E-state index contributed by atoms with van der Waals surface area (Å²) in [5, 5.41) is 30.4. The molecule has 4 heteroatoms. The third kappa shape index (κ3) is 1.82. The summed E-state index contributed by atoms with van der Waals surface area (Å²) in [6.45, 7) is 4.22. The van der Waals surface area contributed by atoms with Crippen LogP contribution in [0.2, 0.25) is 0 Å². The number of aliphatic hydroxyl groups is 2. The molecule has 0 radical (unpaired) electrons. The highest BCUT2D eigenvalue weighted by Crippen LogP contribution is 2.66. The van der Waals surface area contributed by atoms with Gasteiger partial charge in [-0.05, 0) is 59.6 Å². The highest BCUT2D eigenvalue weighted by Gasteiger charge is 2.63. The monoisotopic (exact) mass is 316 g/mol. The molecular formula is C19H24O4. The number of phenolic OH excluding ortho intramolecular Hbond substituents is 1. The van der Waals surface area contributed by atoms with Gasteiger partial charge in [-0.3, -0.25) is 4.79 Å². The second-order valence-corrected chi connectivity index (χ2v) is 8.27. The molecule has 0 unspecified atom stereocenters. The van der Waals surface area contributed by atoms with E-state index in [0.29, 0.717) is 18.4 Å². The van der Waals surface area contributed by atoms with Gasteiger partial charge in [-0.1, -0.05) is 19.9 Å². The Morgan fingerprint density at radius 3 is 2.65 bits per heavy atom. The molecule has 2 saturated carbocycles. The summed E-state index contributed by atoms with van der Waals surface area (Å²) in [6, 6.07) is 5.13. The Hall–Kier alpha value is -1.39. The number of hydrogen-bond donors (Lipinski definition) is 3. The van der Waals surface area contributed by atoms with Gasteiger partial charge in [0.05, 0.1) is 12.2 Å². The van der Waals surface area contributed by atoms with Crippen molar-refractivity contribution in [3.8, 4) is 5.75 Å². The Kier molecular flexibility index (Phi) is 3.02. The first-order valence-corrected chi connectivity index (χ1v) is 8.49. The van der Waals surface area contributed by atoms with Gasteiger partial charge in [-0.2, -0.15) is 0 Å². The molecule has 0 amide bonds. The minimum absolute atomic E-state index is 0.0646. The standard InChI is InChI=1S/C19H24O4/c1-18-6-5-13-11-4-3-10(20)7-12(11)15(22)9-19(13,2)16(18)8-14(21)17(18)23/h3-4,7,13-14,16-17,20-21,23H,5-6,8-9H2,1-2H3/t13-,14-,16-,17+,18-,19+/m1/s1. The van der Waals surface area contributed by atoms with Gasteiger partial charge in [-0.15, -0.1) is 0 Å². The Bertz CT molecular complexity index is 684. The summed E-state index contributed by atoms with van der Waals surface area (Å²) >= 11 is 0. The minimum atomic E-state index is -0.707. The van der Waals surface area contributed by atoms with Crippen molar-refractivity contribution < 1.29 is 20.1 Å². The molecular weight excluding hydrogens is 292 g/mol. The summed E-state index contributed by atoms with van der Waals surface area (Å²) in [6.07, 6.45) is 1.33. The van der Waals surface area contributed by atoms with E-state index >= 15 is 0 Å². The van der Waals surface area contributed by atoms with Crippen LogP contribution in [0.1, 0.15) is 61.4 Å². The molecule has 0 heterocycles. The fourth-order valence-electron chi connectivity index (χ4n) is 5.95. The largest absolute Gasteiger partial charge is 0.508 e. The van der Waals surface area contributed by atoms with Crippen molar-refractivity contribution in [1.29, 1.82) is 0 Å². The molecule has 1 aromatic rings. The number of carbonyl (C=O) groups excluding carboxylic acids is 1. The van der Waals surface area contributed by atoms with Gasteiger partial charge < -0.3 is 15.3 Å². The van der Waals surface area contributed by atoms with E-state index in [2.05, 4.69) is 13.8 Å². The maximum atomic E-state index is 12.7. The predicted molar refractivity (Wildman–Crippen MR) is 85.4 cm³/mol. The third-order valence-corrected chi connectivity index (χ3v) is 7.13. The molecule has 6 atom stereocenters. The van der Waals surface area contributed by atoms with Crippen LogP contribution in [0.4, 0.5) is 0 Å². The van der Waals surface area contributed by atoms with Gasteiger partial charge in [0.1, 0.15) is 5.75 Å². The number of aliphatic hydroxyl groups excluding tert-OH is 2. The van der Waals surface area contributed by atoms with Crippen molar-refractivity contribution in [3.63, 3.8) is 0 Å².